The number of hydrogen-bond donors (Lipinski definition) is 1. The number of nitrogens with one attached hydrogen (secondary N) is 1. The molecule has 0 unspecified atom stereocenters. The topological polar surface area (TPSA) is 79.0 Å². The highest BCUT2D eigenvalue weighted by atomic mass is 32.2. The summed E-state index contributed by atoms with van der Waals surface area (Å²) in [6, 6.07) is 14.5. The summed E-state index contributed by atoms with van der Waals surface area (Å²) in [5.74, 6) is 0.710. The lowest BCUT2D eigenvalue weighted by Crippen LogP contribution is -2.48. The Morgan fingerprint density at radius 1 is 1.07 bits per heavy atom. The number of nitrogens with zero attached hydrogens (tertiary/aromatic N) is 2. The molecule has 0 bridgehead atoms. The molecule has 1 N–H and O–H groups in total. The van der Waals surface area contributed by atoms with E-state index in [1.54, 1.807) is 43.2 Å². The number of carbonyl (C=O) groups is 1. The minimum Gasteiger partial charge on any atom is -0.497 e. The fourth-order valence-electron chi connectivity index (χ4n) is 3.11. The van der Waals surface area contributed by atoms with Crippen molar-refractivity contribution in [2.45, 2.75) is 6.92 Å². The zero-order chi connectivity index (χ0) is 20.1. The van der Waals surface area contributed by atoms with Crippen molar-refractivity contribution in [3.05, 3.63) is 54.1 Å². The van der Waals surface area contributed by atoms with Crippen LogP contribution in [0.15, 0.2) is 48.5 Å². The molecule has 0 aliphatic carbocycles. The molecule has 0 aromatic heterocycles. The van der Waals surface area contributed by atoms with E-state index in [0.29, 0.717) is 24.3 Å². The normalized spacial score (nSPS) is 14.6. The molecule has 0 radical (unpaired) electrons. The number of ether oxygens (including phenoxy) is 1. The van der Waals surface area contributed by atoms with E-state index in [4.69, 9.17) is 4.74 Å². The van der Waals surface area contributed by atoms with Gasteiger partial charge in [0.05, 0.1) is 12.9 Å². The quantitative estimate of drug-likeness (QED) is 0.801. The highest BCUT2D eigenvalue weighted by Crippen LogP contribution is 2.21. The predicted molar refractivity (Wildman–Crippen MR) is 111 cm³/mol. The molecule has 1 aliphatic heterocycles. The van der Waals surface area contributed by atoms with E-state index < -0.39 is 10.0 Å². The van der Waals surface area contributed by atoms with E-state index in [9.17, 15) is 13.2 Å². The smallest absolute Gasteiger partial charge is 0.254 e. The first kappa shape index (κ1) is 20.0. The summed E-state index contributed by atoms with van der Waals surface area (Å²) in [4.78, 5) is 16.9. The van der Waals surface area contributed by atoms with Gasteiger partial charge in [0.1, 0.15) is 5.75 Å². The Kier molecular flexibility index (Phi) is 6.08. The molecule has 1 amide bonds. The zero-order valence-corrected chi connectivity index (χ0v) is 16.9. The average Bonchev–Trinajstić information content (AvgIpc) is 2.73. The molecule has 0 spiro atoms. The molecule has 7 nitrogen and oxygen atoms in total. The van der Waals surface area contributed by atoms with Gasteiger partial charge in [0.2, 0.25) is 10.0 Å². The van der Waals surface area contributed by atoms with Crippen molar-refractivity contribution in [2.24, 2.45) is 0 Å². The largest absolute Gasteiger partial charge is 0.497 e. The number of piperazine rings is 1. The van der Waals surface area contributed by atoms with Crippen LogP contribution in [0.2, 0.25) is 0 Å². The van der Waals surface area contributed by atoms with Crippen molar-refractivity contribution < 1.29 is 17.9 Å². The summed E-state index contributed by atoms with van der Waals surface area (Å²) in [7, 11) is -1.73. The van der Waals surface area contributed by atoms with Crippen molar-refractivity contribution in [1.29, 1.82) is 0 Å². The lowest BCUT2D eigenvalue weighted by atomic mass is 10.1. The molecule has 1 aliphatic rings. The van der Waals surface area contributed by atoms with Gasteiger partial charge in [-0.25, -0.2) is 8.42 Å². The van der Waals surface area contributed by atoms with Gasteiger partial charge < -0.3 is 14.5 Å². The molecule has 0 saturated carbocycles. The van der Waals surface area contributed by atoms with E-state index in [0.717, 1.165) is 24.5 Å². The molecular weight excluding hydrogens is 378 g/mol. The maximum Gasteiger partial charge on any atom is 0.254 e. The highest BCUT2D eigenvalue weighted by Gasteiger charge is 2.22. The lowest BCUT2D eigenvalue weighted by Gasteiger charge is -2.36. The minimum absolute atomic E-state index is 0.0154. The molecule has 1 heterocycles. The Balaban J connectivity index is 1.63. The molecular formula is C20H25N3O4S. The fourth-order valence-corrected chi connectivity index (χ4v) is 3.74. The van der Waals surface area contributed by atoms with Crippen LogP contribution in [0.3, 0.4) is 0 Å². The van der Waals surface area contributed by atoms with Crippen molar-refractivity contribution in [1.82, 2.24) is 4.90 Å². The van der Waals surface area contributed by atoms with E-state index in [2.05, 4.69) is 9.62 Å². The fraction of sp³-hybridized carbons (Fsp3) is 0.350. The predicted octanol–water partition coefficient (Wildman–Crippen LogP) is 2.42. The summed E-state index contributed by atoms with van der Waals surface area (Å²) in [6.45, 7) is 4.26. The van der Waals surface area contributed by atoms with Crippen LogP contribution in [0.4, 0.5) is 11.4 Å². The number of amides is 1. The van der Waals surface area contributed by atoms with E-state index in [-0.39, 0.29) is 11.7 Å². The van der Waals surface area contributed by atoms with Crippen LogP contribution >= 0.6 is 0 Å². The summed E-state index contributed by atoms with van der Waals surface area (Å²) < 4.78 is 31.2. The van der Waals surface area contributed by atoms with Crippen LogP contribution < -0.4 is 14.4 Å². The van der Waals surface area contributed by atoms with E-state index in [1.165, 1.54) is 0 Å². The molecule has 8 heteroatoms. The molecule has 1 fully saturated rings. The molecule has 2 aromatic rings. The van der Waals surface area contributed by atoms with Crippen LogP contribution in [0.5, 0.6) is 5.75 Å². The van der Waals surface area contributed by atoms with Crippen LogP contribution in [0.25, 0.3) is 0 Å². The summed E-state index contributed by atoms with van der Waals surface area (Å²) >= 11 is 0. The highest BCUT2D eigenvalue weighted by molar-refractivity contribution is 7.92. The second-order valence-corrected chi connectivity index (χ2v) is 8.57. The maximum absolute atomic E-state index is 12.8. The zero-order valence-electron chi connectivity index (χ0n) is 16.1. The summed E-state index contributed by atoms with van der Waals surface area (Å²) in [5, 5.41) is 0. The van der Waals surface area contributed by atoms with Crippen LogP contribution in [-0.2, 0) is 10.0 Å². The number of anilines is 2. The first-order valence-electron chi connectivity index (χ1n) is 9.20. The second kappa shape index (κ2) is 8.52. The monoisotopic (exact) mass is 403 g/mol. The van der Waals surface area contributed by atoms with Crippen LogP contribution in [0, 0.1) is 0 Å². The van der Waals surface area contributed by atoms with Gasteiger partial charge >= 0.3 is 0 Å². The average molecular weight is 404 g/mol. The van der Waals surface area contributed by atoms with Gasteiger partial charge in [-0.3, -0.25) is 9.52 Å². The SMILES string of the molecule is CCS(=O)(=O)Nc1cccc(C(=O)N2CCN(c3ccc(OC)cc3)CC2)c1. The Labute approximate surface area is 166 Å². The van der Waals surface area contributed by atoms with E-state index in [1.807, 2.05) is 24.3 Å². The van der Waals surface area contributed by atoms with Crippen molar-refractivity contribution in [3.8, 4) is 5.75 Å². The third-order valence-corrected chi connectivity index (χ3v) is 6.07. The standard InChI is InChI=1S/C20H25N3O4S/c1-3-28(25,26)21-17-6-4-5-16(15-17)20(24)23-13-11-22(12-14-23)18-7-9-19(27-2)10-8-18/h4-10,15,21H,3,11-14H2,1-2H3. The Morgan fingerprint density at radius 3 is 2.36 bits per heavy atom. The third kappa shape index (κ3) is 4.75. The Hall–Kier alpha value is -2.74. The van der Waals surface area contributed by atoms with Crippen molar-refractivity contribution in [3.63, 3.8) is 0 Å². The summed E-state index contributed by atoms with van der Waals surface area (Å²) in [6.07, 6.45) is 0. The van der Waals surface area contributed by atoms with Gasteiger partial charge in [-0.05, 0) is 49.4 Å². The van der Waals surface area contributed by atoms with Crippen LogP contribution in [0.1, 0.15) is 17.3 Å². The van der Waals surface area contributed by atoms with Gasteiger partial charge in [-0.15, -0.1) is 0 Å². The maximum atomic E-state index is 12.8. The Morgan fingerprint density at radius 2 is 1.75 bits per heavy atom. The molecule has 3 rings (SSSR count). The van der Waals surface area contributed by atoms with E-state index >= 15 is 0 Å². The number of sulfonamides is 1. The molecule has 1 saturated heterocycles. The van der Waals surface area contributed by atoms with Crippen LogP contribution in [-0.4, -0.2) is 58.3 Å². The minimum atomic E-state index is -3.37. The lowest BCUT2D eigenvalue weighted by molar-refractivity contribution is 0.0747. The van der Waals surface area contributed by atoms with Gasteiger partial charge in [-0.2, -0.15) is 0 Å². The number of carbonyl (C=O) groups excluding carboxylic acids is 1. The number of methoxy groups -OCH3 is 1. The molecule has 2 aromatic carbocycles. The van der Waals surface area contributed by atoms with Gasteiger partial charge in [-0.1, -0.05) is 6.07 Å². The first-order valence-corrected chi connectivity index (χ1v) is 10.9. The number of benzene rings is 2. The number of rotatable bonds is 6. The van der Waals surface area contributed by atoms with Crippen molar-refractivity contribution in [2.75, 3.05) is 48.7 Å². The first-order chi connectivity index (χ1) is 13.4. The van der Waals surface area contributed by atoms with Gasteiger partial charge in [0.25, 0.3) is 5.91 Å². The van der Waals surface area contributed by atoms with Gasteiger partial charge in [0.15, 0.2) is 0 Å². The molecule has 0 atom stereocenters. The molecule has 28 heavy (non-hydrogen) atoms. The molecule has 150 valence electrons. The van der Waals surface area contributed by atoms with Crippen molar-refractivity contribution >= 4 is 27.3 Å². The third-order valence-electron chi connectivity index (χ3n) is 4.77. The Bertz CT molecular complexity index is 921. The van der Waals surface area contributed by atoms with Gasteiger partial charge in [0, 0.05) is 43.1 Å². The number of hydrogen-bond acceptors (Lipinski definition) is 5. The summed E-state index contributed by atoms with van der Waals surface area (Å²) in [5.41, 5.74) is 1.99. The second-order valence-electron chi connectivity index (χ2n) is 6.56.